The second-order valence-corrected chi connectivity index (χ2v) is 5.00. The van der Waals surface area contributed by atoms with Crippen LogP contribution in [0.2, 0.25) is 0 Å². The standard InChI is InChI=1S/C12H24N2O2S/c1-15-10-8-14(7-5-12(13)17)6-4-11-3-2-9-16-11/h11H,2-10H2,1H3,(H2,13,17). The van der Waals surface area contributed by atoms with Gasteiger partial charge in [0, 0.05) is 39.8 Å². The molecule has 17 heavy (non-hydrogen) atoms. The Kier molecular flexibility index (Phi) is 7.68. The molecule has 100 valence electrons. The van der Waals surface area contributed by atoms with Crippen molar-refractivity contribution in [2.75, 3.05) is 40.0 Å². The van der Waals surface area contributed by atoms with Crippen molar-refractivity contribution in [2.24, 2.45) is 5.73 Å². The van der Waals surface area contributed by atoms with Crippen LogP contribution >= 0.6 is 12.2 Å². The first kappa shape index (κ1) is 14.8. The van der Waals surface area contributed by atoms with E-state index in [-0.39, 0.29) is 0 Å². The summed E-state index contributed by atoms with van der Waals surface area (Å²) in [6.45, 7) is 4.58. The van der Waals surface area contributed by atoms with E-state index in [2.05, 4.69) is 4.90 Å². The van der Waals surface area contributed by atoms with Crippen molar-refractivity contribution in [3.63, 3.8) is 0 Å². The SMILES string of the molecule is COCCN(CCC(N)=S)CCC1CCCO1. The second-order valence-electron chi connectivity index (χ2n) is 4.47. The predicted octanol–water partition coefficient (Wildman–Crippen LogP) is 1.18. The molecule has 0 amide bonds. The molecule has 1 atom stereocenters. The Balaban J connectivity index is 2.20. The fraction of sp³-hybridized carbons (Fsp3) is 0.917. The minimum atomic E-state index is 0.449. The zero-order chi connectivity index (χ0) is 12.5. The summed E-state index contributed by atoms with van der Waals surface area (Å²) in [6, 6.07) is 0. The van der Waals surface area contributed by atoms with E-state index < -0.39 is 0 Å². The zero-order valence-electron chi connectivity index (χ0n) is 10.7. The van der Waals surface area contributed by atoms with Crippen molar-refractivity contribution < 1.29 is 9.47 Å². The average molecular weight is 260 g/mol. The Morgan fingerprint density at radius 1 is 1.47 bits per heavy atom. The van der Waals surface area contributed by atoms with Gasteiger partial charge in [0.1, 0.15) is 0 Å². The molecule has 1 fully saturated rings. The van der Waals surface area contributed by atoms with Crippen molar-refractivity contribution in [1.29, 1.82) is 0 Å². The zero-order valence-corrected chi connectivity index (χ0v) is 11.5. The van der Waals surface area contributed by atoms with Gasteiger partial charge in [0.15, 0.2) is 0 Å². The molecule has 1 rings (SSSR count). The number of rotatable bonds is 9. The Bertz CT molecular complexity index is 221. The highest BCUT2D eigenvalue weighted by molar-refractivity contribution is 7.80. The number of methoxy groups -OCH3 is 1. The topological polar surface area (TPSA) is 47.7 Å². The average Bonchev–Trinajstić information content (AvgIpc) is 2.80. The number of nitrogens with two attached hydrogens (primary N) is 1. The predicted molar refractivity (Wildman–Crippen MR) is 73.3 cm³/mol. The molecule has 0 radical (unpaired) electrons. The molecule has 0 bridgehead atoms. The number of thiocarbonyl (C=S) groups is 1. The lowest BCUT2D eigenvalue weighted by Crippen LogP contribution is -2.33. The number of hydrogen-bond acceptors (Lipinski definition) is 4. The summed E-state index contributed by atoms with van der Waals surface area (Å²) >= 11 is 4.91. The van der Waals surface area contributed by atoms with E-state index in [1.807, 2.05) is 0 Å². The molecule has 0 aromatic rings. The normalized spacial score (nSPS) is 20.0. The lowest BCUT2D eigenvalue weighted by Gasteiger charge is -2.23. The molecule has 5 heteroatoms. The fourth-order valence-electron chi connectivity index (χ4n) is 2.02. The molecule has 4 nitrogen and oxygen atoms in total. The maximum atomic E-state index is 5.63. The summed E-state index contributed by atoms with van der Waals surface area (Å²) < 4.78 is 10.7. The molecular formula is C12H24N2O2S. The van der Waals surface area contributed by atoms with E-state index in [4.69, 9.17) is 27.4 Å². The highest BCUT2D eigenvalue weighted by atomic mass is 32.1. The van der Waals surface area contributed by atoms with Crippen LogP contribution in [0.1, 0.15) is 25.7 Å². The molecule has 1 saturated heterocycles. The van der Waals surface area contributed by atoms with Crippen LogP contribution in [0.25, 0.3) is 0 Å². The van der Waals surface area contributed by atoms with E-state index in [0.717, 1.165) is 45.7 Å². The third-order valence-electron chi connectivity index (χ3n) is 3.08. The van der Waals surface area contributed by atoms with Crippen LogP contribution < -0.4 is 5.73 Å². The van der Waals surface area contributed by atoms with Gasteiger partial charge >= 0.3 is 0 Å². The van der Waals surface area contributed by atoms with Gasteiger partial charge in [-0.2, -0.15) is 0 Å². The number of ether oxygens (including phenoxy) is 2. The smallest absolute Gasteiger partial charge is 0.0740 e. The van der Waals surface area contributed by atoms with Crippen molar-refractivity contribution in [3.05, 3.63) is 0 Å². The number of hydrogen-bond donors (Lipinski definition) is 1. The van der Waals surface area contributed by atoms with Gasteiger partial charge in [-0.25, -0.2) is 0 Å². The van der Waals surface area contributed by atoms with E-state index in [9.17, 15) is 0 Å². The fourth-order valence-corrected chi connectivity index (χ4v) is 2.11. The molecule has 1 aliphatic rings. The molecule has 0 aromatic heterocycles. The highest BCUT2D eigenvalue weighted by Gasteiger charge is 2.16. The Hall–Kier alpha value is -0.230. The Morgan fingerprint density at radius 2 is 2.29 bits per heavy atom. The highest BCUT2D eigenvalue weighted by Crippen LogP contribution is 2.15. The molecule has 0 spiro atoms. The molecule has 2 N–H and O–H groups in total. The summed E-state index contributed by atoms with van der Waals surface area (Å²) in [5, 5.41) is 0. The monoisotopic (exact) mass is 260 g/mol. The van der Waals surface area contributed by atoms with Gasteiger partial charge < -0.3 is 20.1 Å². The molecular weight excluding hydrogens is 236 g/mol. The van der Waals surface area contributed by atoms with Gasteiger partial charge in [0.25, 0.3) is 0 Å². The summed E-state index contributed by atoms with van der Waals surface area (Å²) in [7, 11) is 1.73. The van der Waals surface area contributed by atoms with Gasteiger partial charge in [-0.15, -0.1) is 0 Å². The van der Waals surface area contributed by atoms with Gasteiger partial charge in [-0.05, 0) is 19.3 Å². The number of nitrogens with zero attached hydrogens (tertiary/aromatic N) is 1. The summed E-state index contributed by atoms with van der Waals surface area (Å²) in [4.78, 5) is 2.94. The van der Waals surface area contributed by atoms with Crippen LogP contribution in [0.5, 0.6) is 0 Å². The Morgan fingerprint density at radius 3 is 2.88 bits per heavy atom. The molecule has 0 aliphatic carbocycles. The maximum absolute atomic E-state index is 5.63. The van der Waals surface area contributed by atoms with Crippen LogP contribution in [0.3, 0.4) is 0 Å². The van der Waals surface area contributed by atoms with Crippen LogP contribution in [-0.2, 0) is 9.47 Å². The van der Waals surface area contributed by atoms with Crippen molar-refractivity contribution in [2.45, 2.75) is 31.8 Å². The lowest BCUT2D eigenvalue weighted by atomic mass is 10.2. The van der Waals surface area contributed by atoms with Gasteiger partial charge in [-0.1, -0.05) is 12.2 Å². The molecule has 0 saturated carbocycles. The van der Waals surface area contributed by atoms with E-state index >= 15 is 0 Å². The third kappa shape index (κ3) is 6.93. The van der Waals surface area contributed by atoms with Crippen LogP contribution in [0.15, 0.2) is 0 Å². The van der Waals surface area contributed by atoms with E-state index in [1.165, 1.54) is 12.8 Å². The van der Waals surface area contributed by atoms with Crippen LogP contribution in [-0.4, -0.2) is 56.0 Å². The van der Waals surface area contributed by atoms with Gasteiger partial charge in [0.2, 0.25) is 0 Å². The van der Waals surface area contributed by atoms with Crippen molar-refractivity contribution in [3.8, 4) is 0 Å². The quantitative estimate of drug-likeness (QED) is 0.631. The summed E-state index contributed by atoms with van der Waals surface area (Å²) in [6.07, 6.45) is 4.74. The first-order valence-corrected chi connectivity index (χ1v) is 6.74. The summed E-state index contributed by atoms with van der Waals surface area (Å²) in [5.41, 5.74) is 5.54. The largest absolute Gasteiger partial charge is 0.393 e. The second kappa shape index (κ2) is 8.80. The molecule has 1 unspecified atom stereocenters. The van der Waals surface area contributed by atoms with E-state index in [1.54, 1.807) is 7.11 Å². The summed E-state index contributed by atoms with van der Waals surface area (Å²) in [5.74, 6) is 0. The first-order chi connectivity index (χ1) is 8.22. The first-order valence-electron chi connectivity index (χ1n) is 6.33. The van der Waals surface area contributed by atoms with Crippen molar-refractivity contribution in [1.82, 2.24) is 4.90 Å². The molecule has 1 heterocycles. The lowest BCUT2D eigenvalue weighted by molar-refractivity contribution is 0.0857. The molecule has 1 aliphatic heterocycles. The molecule has 0 aromatic carbocycles. The van der Waals surface area contributed by atoms with E-state index in [0.29, 0.717) is 11.1 Å². The minimum absolute atomic E-state index is 0.449. The third-order valence-corrected chi connectivity index (χ3v) is 3.28. The van der Waals surface area contributed by atoms with Crippen LogP contribution in [0, 0.1) is 0 Å². The van der Waals surface area contributed by atoms with Gasteiger partial charge in [0.05, 0.1) is 17.7 Å². The maximum Gasteiger partial charge on any atom is 0.0740 e. The van der Waals surface area contributed by atoms with Crippen molar-refractivity contribution >= 4 is 17.2 Å². The Labute approximate surface area is 109 Å². The van der Waals surface area contributed by atoms with Gasteiger partial charge in [-0.3, -0.25) is 0 Å². The minimum Gasteiger partial charge on any atom is -0.393 e. The van der Waals surface area contributed by atoms with Crippen LogP contribution in [0.4, 0.5) is 0 Å².